The van der Waals surface area contributed by atoms with Gasteiger partial charge >= 0.3 is 6.18 Å². The van der Waals surface area contributed by atoms with Crippen molar-refractivity contribution in [1.82, 2.24) is 0 Å². The predicted molar refractivity (Wildman–Crippen MR) is 78.1 cm³/mol. The Balaban J connectivity index is 2.19. The van der Waals surface area contributed by atoms with E-state index in [1.807, 2.05) is 0 Å². The van der Waals surface area contributed by atoms with Crippen molar-refractivity contribution in [2.75, 3.05) is 6.54 Å². The summed E-state index contributed by atoms with van der Waals surface area (Å²) < 4.78 is 42.9. The molecule has 0 saturated carbocycles. The lowest BCUT2D eigenvalue weighted by molar-refractivity contribution is -0.463. The second-order valence-electron chi connectivity index (χ2n) is 4.69. The van der Waals surface area contributed by atoms with Crippen LogP contribution in [0.15, 0.2) is 53.7 Å². The molecule has 0 amide bonds. The lowest BCUT2D eigenvalue weighted by Gasteiger charge is -2.10. The van der Waals surface area contributed by atoms with Crippen molar-refractivity contribution >= 4 is 5.71 Å². The van der Waals surface area contributed by atoms with E-state index < -0.39 is 23.2 Å². The van der Waals surface area contributed by atoms with Crippen LogP contribution in [-0.2, 0) is 6.18 Å². The molecule has 0 aliphatic rings. The molecule has 0 atom stereocenters. The third-order valence-corrected chi connectivity index (χ3v) is 2.98. The minimum absolute atomic E-state index is 0.164. The van der Waals surface area contributed by atoms with E-state index in [1.165, 1.54) is 24.3 Å². The van der Waals surface area contributed by atoms with Gasteiger partial charge < -0.3 is 9.94 Å². The van der Waals surface area contributed by atoms with Gasteiger partial charge in [-0.2, -0.15) is 13.2 Å². The minimum Gasteiger partial charge on any atom is -0.457 e. The summed E-state index contributed by atoms with van der Waals surface area (Å²) in [4.78, 5) is 9.87. The van der Waals surface area contributed by atoms with Crippen molar-refractivity contribution in [1.29, 1.82) is 0 Å². The Morgan fingerprint density at radius 2 is 1.83 bits per heavy atom. The van der Waals surface area contributed by atoms with Crippen LogP contribution in [0.5, 0.6) is 11.5 Å². The number of nitrogens with zero attached hydrogens (tertiary/aromatic N) is 2. The summed E-state index contributed by atoms with van der Waals surface area (Å²) in [5.41, 5.74) is -0.708. The number of alkyl halides is 3. The molecule has 6 nitrogen and oxygen atoms in total. The second kappa shape index (κ2) is 6.99. The van der Waals surface area contributed by atoms with Crippen LogP contribution in [0.1, 0.15) is 11.1 Å². The Kier molecular flexibility index (Phi) is 5.02. The Hall–Kier alpha value is -3.10. The molecule has 2 aromatic rings. The zero-order valence-corrected chi connectivity index (χ0v) is 12.0. The maximum atomic E-state index is 12.5. The van der Waals surface area contributed by atoms with E-state index in [4.69, 9.17) is 9.94 Å². The number of benzene rings is 2. The van der Waals surface area contributed by atoms with Crippen LogP contribution in [0, 0.1) is 10.1 Å². The Labute approximate surface area is 133 Å². The molecular weight excluding hydrogens is 329 g/mol. The van der Waals surface area contributed by atoms with E-state index >= 15 is 0 Å². The fraction of sp³-hybridized carbons (Fsp3) is 0.133. The molecule has 0 bridgehead atoms. The molecule has 0 heterocycles. The van der Waals surface area contributed by atoms with E-state index in [9.17, 15) is 23.3 Å². The van der Waals surface area contributed by atoms with Crippen molar-refractivity contribution < 1.29 is 28.0 Å². The van der Waals surface area contributed by atoms with Crippen LogP contribution in [-0.4, -0.2) is 22.4 Å². The molecule has 126 valence electrons. The Bertz CT molecular complexity index is 758. The van der Waals surface area contributed by atoms with Crippen molar-refractivity contribution in [3.05, 3.63) is 69.8 Å². The summed E-state index contributed by atoms with van der Waals surface area (Å²) in [5, 5.41) is 22.3. The Morgan fingerprint density at radius 1 is 1.17 bits per heavy atom. The van der Waals surface area contributed by atoms with Crippen molar-refractivity contribution in [2.45, 2.75) is 6.18 Å². The van der Waals surface area contributed by atoms with E-state index in [2.05, 4.69) is 5.16 Å². The van der Waals surface area contributed by atoms with Gasteiger partial charge in [-0.25, -0.2) is 0 Å². The molecule has 0 saturated heterocycles. The number of hydrogen-bond donors (Lipinski definition) is 1. The van der Waals surface area contributed by atoms with Gasteiger partial charge in [-0.15, -0.1) is 0 Å². The molecule has 24 heavy (non-hydrogen) atoms. The summed E-state index contributed by atoms with van der Waals surface area (Å²) in [7, 11) is 0. The molecule has 0 spiro atoms. The van der Waals surface area contributed by atoms with E-state index in [1.54, 1.807) is 0 Å². The van der Waals surface area contributed by atoms with Gasteiger partial charge in [-0.05, 0) is 36.4 Å². The van der Waals surface area contributed by atoms with Crippen LogP contribution in [0.3, 0.4) is 0 Å². The van der Waals surface area contributed by atoms with Gasteiger partial charge in [0.1, 0.15) is 11.5 Å². The number of hydrogen-bond acceptors (Lipinski definition) is 5. The second-order valence-corrected chi connectivity index (χ2v) is 4.69. The standard InChI is InChI=1S/C15H11F3N2O4/c16-15(17,18)11-4-6-12(7-5-11)24-13-3-1-2-10(8-13)14(19-21)9-20(22)23/h1-8,21H,9H2. The topological polar surface area (TPSA) is 85.0 Å². The molecule has 0 aliphatic heterocycles. The third kappa shape index (κ3) is 4.45. The molecule has 1 N–H and O–H groups in total. The van der Waals surface area contributed by atoms with E-state index in [0.29, 0.717) is 0 Å². The summed E-state index contributed by atoms with van der Waals surface area (Å²) in [6, 6.07) is 9.98. The minimum atomic E-state index is -4.44. The maximum absolute atomic E-state index is 12.5. The van der Waals surface area contributed by atoms with Gasteiger partial charge in [0.15, 0.2) is 5.71 Å². The molecule has 9 heteroatoms. The van der Waals surface area contributed by atoms with E-state index in [0.717, 1.165) is 24.3 Å². The quantitative estimate of drug-likeness (QED) is 0.386. The molecule has 2 rings (SSSR count). The SMILES string of the molecule is O=[N+]([O-])CC(=NO)c1cccc(Oc2ccc(C(F)(F)F)cc2)c1. The fourth-order valence-electron chi connectivity index (χ4n) is 1.89. The summed E-state index contributed by atoms with van der Waals surface area (Å²) in [5.74, 6) is 0.397. The molecule has 2 aromatic carbocycles. The number of halogens is 3. The number of oxime groups is 1. The number of ether oxygens (including phenoxy) is 1. The van der Waals surface area contributed by atoms with Gasteiger partial charge in [0.2, 0.25) is 6.54 Å². The third-order valence-electron chi connectivity index (χ3n) is 2.98. The summed E-state index contributed by atoms with van der Waals surface area (Å²) >= 11 is 0. The van der Waals surface area contributed by atoms with Crippen LogP contribution in [0.4, 0.5) is 13.2 Å². The van der Waals surface area contributed by atoms with Gasteiger partial charge in [-0.3, -0.25) is 10.1 Å². The fourth-order valence-corrected chi connectivity index (χ4v) is 1.89. The first-order valence-electron chi connectivity index (χ1n) is 6.58. The average Bonchev–Trinajstić information content (AvgIpc) is 2.52. The zero-order valence-electron chi connectivity index (χ0n) is 12.0. The average molecular weight is 340 g/mol. The zero-order chi connectivity index (χ0) is 17.7. The van der Waals surface area contributed by atoms with Gasteiger partial charge in [0, 0.05) is 10.5 Å². The first-order chi connectivity index (χ1) is 11.3. The lowest BCUT2D eigenvalue weighted by atomic mass is 10.1. The highest BCUT2D eigenvalue weighted by Crippen LogP contribution is 2.31. The largest absolute Gasteiger partial charge is 0.457 e. The Morgan fingerprint density at radius 3 is 2.38 bits per heavy atom. The molecule has 0 unspecified atom stereocenters. The highest BCUT2D eigenvalue weighted by atomic mass is 19.4. The van der Waals surface area contributed by atoms with Crippen molar-refractivity contribution in [2.24, 2.45) is 5.16 Å². The first-order valence-corrected chi connectivity index (χ1v) is 6.58. The van der Waals surface area contributed by atoms with Crippen LogP contribution < -0.4 is 4.74 Å². The molecular formula is C15H11F3N2O4. The normalized spacial score (nSPS) is 12.0. The highest BCUT2D eigenvalue weighted by Gasteiger charge is 2.30. The molecule has 0 aromatic heterocycles. The smallest absolute Gasteiger partial charge is 0.416 e. The monoisotopic (exact) mass is 340 g/mol. The van der Waals surface area contributed by atoms with E-state index in [-0.39, 0.29) is 22.8 Å². The number of nitro groups is 1. The maximum Gasteiger partial charge on any atom is 0.416 e. The van der Waals surface area contributed by atoms with Gasteiger partial charge in [0.25, 0.3) is 0 Å². The molecule has 0 aliphatic carbocycles. The lowest BCUT2D eigenvalue weighted by Crippen LogP contribution is -2.15. The summed E-state index contributed by atoms with van der Waals surface area (Å²) in [6.45, 7) is -0.680. The predicted octanol–water partition coefficient (Wildman–Crippen LogP) is 3.95. The van der Waals surface area contributed by atoms with Crippen LogP contribution in [0.2, 0.25) is 0 Å². The molecule has 0 fully saturated rings. The first kappa shape index (κ1) is 17.3. The van der Waals surface area contributed by atoms with Crippen molar-refractivity contribution in [3.8, 4) is 11.5 Å². The van der Waals surface area contributed by atoms with Gasteiger partial charge in [0.05, 0.1) is 5.56 Å². The van der Waals surface area contributed by atoms with Gasteiger partial charge in [-0.1, -0.05) is 17.3 Å². The van der Waals surface area contributed by atoms with Crippen LogP contribution >= 0.6 is 0 Å². The van der Waals surface area contributed by atoms with Crippen molar-refractivity contribution in [3.63, 3.8) is 0 Å². The van der Waals surface area contributed by atoms with Crippen LogP contribution in [0.25, 0.3) is 0 Å². The highest BCUT2D eigenvalue weighted by molar-refractivity contribution is 6.01. The molecule has 0 radical (unpaired) electrons. The number of rotatable bonds is 5. The summed E-state index contributed by atoms with van der Waals surface area (Å²) in [6.07, 6.45) is -4.44.